The molecule has 14 heteroatoms. The number of hydrogen-bond donors (Lipinski definition) is 4. The molecule has 186 valence electrons. The van der Waals surface area contributed by atoms with E-state index in [1.165, 1.54) is 16.9 Å². The average molecular weight is 510 g/mol. The van der Waals surface area contributed by atoms with Crippen LogP contribution in [0.15, 0.2) is 47.4 Å². The van der Waals surface area contributed by atoms with Gasteiger partial charge >= 0.3 is 18.4 Å². The molecule has 1 aliphatic rings. The normalized spacial score (nSPS) is 14.5. The van der Waals surface area contributed by atoms with E-state index >= 15 is 0 Å². The van der Waals surface area contributed by atoms with Crippen LogP contribution < -0.4 is 20.7 Å². The molecule has 0 aromatic heterocycles. The van der Waals surface area contributed by atoms with Crippen LogP contribution in [0.3, 0.4) is 0 Å². The smallest absolute Gasteiger partial charge is 0.383 e. The van der Waals surface area contributed by atoms with Gasteiger partial charge in [0.15, 0.2) is 0 Å². The number of rotatable bonds is 8. The third-order valence-corrected chi connectivity index (χ3v) is 6.14. The minimum absolute atomic E-state index is 0.0833. The fourth-order valence-corrected chi connectivity index (χ4v) is 3.88. The Morgan fingerprint density at radius 3 is 2.26 bits per heavy atom. The molecule has 0 aliphatic heterocycles. The molecule has 0 spiro atoms. The third kappa shape index (κ3) is 7.52. The fraction of sp³-hybridized carbons (Fsp3) is 0.350. The minimum Gasteiger partial charge on any atom is -0.383 e. The van der Waals surface area contributed by atoms with Crippen molar-refractivity contribution in [1.82, 2.24) is 4.72 Å². The minimum atomic E-state index is -4.77. The lowest BCUT2D eigenvalue weighted by atomic mass is 10.2. The van der Waals surface area contributed by atoms with Gasteiger partial charge in [-0.15, -0.1) is 0 Å². The number of carbonyl (C=O) groups is 1. The molecule has 4 N–H and O–H groups in total. The second kappa shape index (κ2) is 9.70. The van der Waals surface area contributed by atoms with Crippen LogP contribution >= 0.6 is 0 Å². The van der Waals surface area contributed by atoms with Crippen molar-refractivity contribution in [2.24, 2.45) is 5.92 Å². The van der Waals surface area contributed by atoms with Crippen LogP contribution in [0.1, 0.15) is 18.4 Å². The summed E-state index contributed by atoms with van der Waals surface area (Å²) < 4.78 is 102. The summed E-state index contributed by atoms with van der Waals surface area (Å²) in [6.07, 6.45) is -7.43. The number of amides is 2. The molecule has 2 aromatic carbocycles. The van der Waals surface area contributed by atoms with E-state index in [1.54, 1.807) is 0 Å². The summed E-state index contributed by atoms with van der Waals surface area (Å²) in [4.78, 5) is 11.9. The van der Waals surface area contributed by atoms with Crippen LogP contribution in [-0.2, 0) is 16.2 Å². The Morgan fingerprint density at radius 1 is 0.941 bits per heavy atom. The van der Waals surface area contributed by atoms with Gasteiger partial charge in [-0.1, -0.05) is 6.07 Å². The zero-order chi connectivity index (χ0) is 25.1. The van der Waals surface area contributed by atoms with Gasteiger partial charge in [-0.05, 0) is 55.2 Å². The van der Waals surface area contributed by atoms with E-state index in [0.717, 1.165) is 37.1 Å². The van der Waals surface area contributed by atoms with E-state index in [0.29, 0.717) is 24.2 Å². The molecule has 3 rings (SSSR count). The van der Waals surface area contributed by atoms with Crippen LogP contribution in [0, 0.1) is 5.92 Å². The summed E-state index contributed by atoms with van der Waals surface area (Å²) in [5.74, 6) is 0.392. The average Bonchev–Trinajstić information content (AvgIpc) is 3.55. The molecule has 1 fully saturated rings. The lowest BCUT2D eigenvalue weighted by Gasteiger charge is -2.16. The molecule has 0 heterocycles. The first kappa shape index (κ1) is 25.6. The monoisotopic (exact) mass is 510 g/mol. The van der Waals surface area contributed by atoms with Gasteiger partial charge in [-0.25, -0.2) is 17.9 Å². The summed E-state index contributed by atoms with van der Waals surface area (Å²) in [5, 5.41) is 7.58. The van der Waals surface area contributed by atoms with E-state index in [4.69, 9.17) is 0 Å². The molecule has 0 saturated heterocycles. The first-order valence-electron chi connectivity index (χ1n) is 9.92. The highest BCUT2D eigenvalue weighted by atomic mass is 32.2. The van der Waals surface area contributed by atoms with Gasteiger partial charge in [0.2, 0.25) is 10.0 Å². The number of hydrogen-bond acceptors (Lipinski definition) is 4. The Balaban J connectivity index is 1.81. The number of nitrogens with one attached hydrogen (secondary N) is 4. The molecule has 0 radical (unpaired) electrons. The van der Waals surface area contributed by atoms with Gasteiger partial charge in [0.25, 0.3) is 0 Å². The zero-order valence-electron chi connectivity index (χ0n) is 17.3. The highest BCUT2D eigenvalue weighted by Crippen LogP contribution is 2.33. The molecule has 0 unspecified atom stereocenters. The van der Waals surface area contributed by atoms with Gasteiger partial charge in [0.1, 0.15) is 6.54 Å². The van der Waals surface area contributed by atoms with Crippen molar-refractivity contribution in [3.05, 3.63) is 48.0 Å². The number of alkyl halides is 6. The predicted molar refractivity (Wildman–Crippen MR) is 113 cm³/mol. The zero-order valence-corrected chi connectivity index (χ0v) is 18.2. The predicted octanol–water partition coefficient (Wildman–Crippen LogP) is 5.01. The van der Waals surface area contributed by atoms with Crippen molar-refractivity contribution in [2.75, 3.05) is 29.0 Å². The van der Waals surface area contributed by atoms with Crippen LogP contribution in [0.2, 0.25) is 0 Å². The number of benzene rings is 2. The molecule has 1 aliphatic carbocycles. The second-order valence-electron chi connectivity index (χ2n) is 7.63. The summed E-state index contributed by atoms with van der Waals surface area (Å²) in [6.45, 7) is -1.27. The van der Waals surface area contributed by atoms with Gasteiger partial charge in [0, 0.05) is 12.2 Å². The Labute approximate surface area is 191 Å². The number of sulfonamides is 1. The van der Waals surface area contributed by atoms with Crippen molar-refractivity contribution in [3.63, 3.8) is 0 Å². The Bertz CT molecular complexity index is 1150. The Morgan fingerprint density at radius 2 is 1.65 bits per heavy atom. The number of anilines is 3. The Hall–Kier alpha value is -3.00. The molecule has 34 heavy (non-hydrogen) atoms. The summed E-state index contributed by atoms with van der Waals surface area (Å²) in [7, 11) is -4.56. The van der Waals surface area contributed by atoms with Crippen molar-refractivity contribution in [2.45, 2.75) is 30.1 Å². The number of carbonyl (C=O) groups excluding carboxylic acids is 1. The summed E-state index contributed by atoms with van der Waals surface area (Å²) in [6, 6.07) is 6.20. The van der Waals surface area contributed by atoms with Gasteiger partial charge in [0.05, 0.1) is 21.8 Å². The largest absolute Gasteiger partial charge is 0.416 e. The maximum absolute atomic E-state index is 12.9. The Kier molecular flexibility index (Phi) is 7.31. The molecular weight excluding hydrogens is 490 g/mol. The van der Waals surface area contributed by atoms with Crippen molar-refractivity contribution >= 4 is 33.1 Å². The maximum Gasteiger partial charge on any atom is 0.416 e. The lowest BCUT2D eigenvalue weighted by Crippen LogP contribution is -2.33. The highest BCUT2D eigenvalue weighted by molar-refractivity contribution is 7.89. The molecule has 2 amide bonds. The van der Waals surface area contributed by atoms with Gasteiger partial charge in [-0.3, -0.25) is 0 Å². The van der Waals surface area contributed by atoms with Crippen LogP contribution in [0.4, 0.5) is 48.2 Å². The van der Waals surface area contributed by atoms with E-state index in [2.05, 4.69) is 16.0 Å². The second-order valence-corrected chi connectivity index (χ2v) is 9.40. The standard InChI is InChI=1S/C20H20F6N4O3S/c21-19(22,23)11-28-34(32,33)15-6-7-16(27-10-12-4-5-12)17(9-15)30-18(31)29-14-3-1-2-13(8-14)20(24,25)26/h1-3,6-9,12,27-28H,4-5,10-11H2,(H2,29,30,31). The van der Waals surface area contributed by atoms with Gasteiger partial charge < -0.3 is 16.0 Å². The quantitative estimate of drug-likeness (QED) is 0.375. The summed E-state index contributed by atoms with van der Waals surface area (Å²) >= 11 is 0. The molecular formula is C20H20F6N4O3S. The SMILES string of the molecule is O=C(Nc1cccc(C(F)(F)F)c1)Nc1cc(S(=O)(=O)NCC(F)(F)F)ccc1NCC1CC1. The fourth-order valence-electron chi connectivity index (χ4n) is 2.84. The first-order chi connectivity index (χ1) is 15.7. The van der Waals surface area contributed by atoms with Crippen LogP contribution in [-0.4, -0.2) is 33.7 Å². The van der Waals surface area contributed by atoms with E-state index in [-0.39, 0.29) is 11.4 Å². The lowest BCUT2D eigenvalue weighted by molar-refractivity contribution is -0.137. The van der Waals surface area contributed by atoms with E-state index in [1.807, 2.05) is 0 Å². The molecule has 2 aromatic rings. The van der Waals surface area contributed by atoms with E-state index < -0.39 is 45.4 Å². The van der Waals surface area contributed by atoms with E-state index in [9.17, 15) is 39.6 Å². The first-order valence-corrected chi connectivity index (χ1v) is 11.4. The topological polar surface area (TPSA) is 99.3 Å². The van der Waals surface area contributed by atoms with Crippen molar-refractivity contribution in [3.8, 4) is 0 Å². The maximum atomic E-state index is 12.9. The molecule has 7 nitrogen and oxygen atoms in total. The highest BCUT2D eigenvalue weighted by Gasteiger charge is 2.31. The molecule has 0 bridgehead atoms. The van der Waals surface area contributed by atoms with Crippen molar-refractivity contribution in [1.29, 1.82) is 0 Å². The molecule has 1 saturated carbocycles. The summed E-state index contributed by atoms with van der Waals surface area (Å²) in [5.41, 5.74) is -0.947. The van der Waals surface area contributed by atoms with Gasteiger partial charge in [-0.2, -0.15) is 26.3 Å². The van der Waals surface area contributed by atoms with Crippen molar-refractivity contribution < 1.29 is 39.6 Å². The number of urea groups is 1. The van der Waals surface area contributed by atoms with Crippen LogP contribution in [0.25, 0.3) is 0 Å². The third-order valence-electron chi connectivity index (χ3n) is 4.74. The number of halogens is 6. The molecule has 0 atom stereocenters. The van der Waals surface area contributed by atoms with Crippen LogP contribution in [0.5, 0.6) is 0 Å².